The molecular formula is C17H16IN5OS. The molecule has 2 aromatic heterocycles. The molecule has 0 saturated carbocycles. The molecule has 0 amide bonds. The molecule has 0 aliphatic heterocycles. The van der Waals surface area contributed by atoms with Crippen molar-refractivity contribution in [3.63, 3.8) is 0 Å². The minimum absolute atomic E-state index is 0.378. The molecule has 0 aliphatic carbocycles. The fourth-order valence-electron chi connectivity index (χ4n) is 2.34. The maximum atomic E-state index is 5.97. The van der Waals surface area contributed by atoms with Crippen LogP contribution in [0.1, 0.15) is 12.8 Å². The van der Waals surface area contributed by atoms with Crippen LogP contribution in [-0.4, -0.2) is 26.6 Å². The van der Waals surface area contributed by atoms with Gasteiger partial charge in [0, 0.05) is 21.4 Å². The summed E-state index contributed by atoms with van der Waals surface area (Å²) in [6, 6.07) is 5.94. The summed E-state index contributed by atoms with van der Waals surface area (Å²) in [5.74, 6) is 3.85. The third-order valence-electron chi connectivity index (χ3n) is 3.57. The first-order chi connectivity index (χ1) is 12.1. The highest BCUT2D eigenvalue weighted by Gasteiger charge is 2.17. The number of aryl methyl sites for hydroxylation is 1. The van der Waals surface area contributed by atoms with E-state index in [9.17, 15) is 0 Å². The summed E-state index contributed by atoms with van der Waals surface area (Å²) < 4.78 is 8.49. The average molecular weight is 465 g/mol. The normalized spacial score (nSPS) is 10.8. The Labute approximate surface area is 163 Å². The van der Waals surface area contributed by atoms with E-state index in [-0.39, 0.29) is 0 Å². The molecule has 0 radical (unpaired) electrons. The molecule has 0 unspecified atom stereocenters. The van der Waals surface area contributed by atoms with Gasteiger partial charge in [-0.05, 0) is 47.2 Å². The van der Waals surface area contributed by atoms with Crippen LogP contribution < -0.4 is 10.5 Å². The van der Waals surface area contributed by atoms with Crippen molar-refractivity contribution in [2.24, 2.45) is 0 Å². The monoisotopic (exact) mass is 465 g/mol. The average Bonchev–Trinajstić information content (AvgIpc) is 2.96. The van der Waals surface area contributed by atoms with Gasteiger partial charge in [0.1, 0.15) is 12.1 Å². The summed E-state index contributed by atoms with van der Waals surface area (Å²) in [6.45, 7) is 0.722. The second-order valence-electron chi connectivity index (χ2n) is 5.18. The maximum absolute atomic E-state index is 5.97. The van der Waals surface area contributed by atoms with E-state index in [2.05, 4.69) is 43.5 Å². The number of unbranched alkanes of at least 4 members (excludes halogenated alkanes) is 1. The number of halogens is 1. The van der Waals surface area contributed by atoms with Gasteiger partial charge in [0.25, 0.3) is 0 Å². The molecule has 6 nitrogen and oxygen atoms in total. The summed E-state index contributed by atoms with van der Waals surface area (Å²) in [4.78, 5) is 14.1. The highest BCUT2D eigenvalue weighted by Crippen LogP contribution is 2.35. The number of nitrogens with zero attached hydrogens (tertiary/aromatic N) is 4. The number of nitrogen functional groups attached to an aromatic ring is 1. The predicted octanol–water partition coefficient (Wildman–Crippen LogP) is 3.59. The molecule has 0 bridgehead atoms. The lowest BCUT2D eigenvalue weighted by Crippen LogP contribution is -2.02. The van der Waals surface area contributed by atoms with Crippen LogP contribution in [0.25, 0.3) is 11.2 Å². The summed E-state index contributed by atoms with van der Waals surface area (Å²) in [7, 11) is 1.65. The Morgan fingerprint density at radius 2 is 2.24 bits per heavy atom. The van der Waals surface area contributed by atoms with Gasteiger partial charge in [-0.1, -0.05) is 11.8 Å². The lowest BCUT2D eigenvalue weighted by Gasteiger charge is -2.09. The fraction of sp³-hybridized carbons (Fsp3) is 0.235. The van der Waals surface area contributed by atoms with Crippen molar-refractivity contribution in [2.75, 3.05) is 12.8 Å². The van der Waals surface area contributed by atoms with Crippen molar-refractivity contribution in [1.29, 1.82) is 0 Å². The molecule has 3 rings (SSSR count). The molecule has 0 spiro atoms. The summed E-state index contributed by atoms with van der Waals surface area (Å²) >= 11 is 3.85. The number of ether oxygens (including phenoxy) is 1. The number of nitrogens with two attached hydrogens (primary N) is 1. The quantitative estimate of drug-likeness (QED) is 0.341. The topological polar surface area (TPSA) is 78.9 Å². The zero-order valence-corrected chi connectivity index (χ0v) is 16.5. The lowest BCUT2D eigenvalue weighted by atomic mass is 10.3. The molecule has 0 atom stereocenters. The molecule has 3 aromatic rings. The third kappa shape index (κ3) is 3.82. The van der Waals surface area contributed by atoms with E-state index in [4.69, 9.17) is 16.9 Å². The van der Waals surface area contributed by atoms with Gasteiger partial charge in [0.05, 0.1) is 7.11 Å². The predicted molar refractivity (Wildman–Crippen MR) is 108 cm³/mol. The summed E-state index contributed by atoms with van der Waals surface area (Å²) in [5.41, 5.74) is 7.31. The largest absolute Gasteiger partial charge is 0.497 e. The number of imidazole rings is 1. The van der Waals surface area contributed by atoms with Crippen molar-refractivity contribution >= 4 is 51.3 Å². The molecular weight excluding hydrogens is 449 g/mol. The minimum atomic E-state index is 0.378. The summed E-state index contributed by atoms with van der Waals surface area (Å²) in [5, 5.41) is 0.811. The molecule has 2 heterocycles. The Morgan fingerprint density at radius 3 is 3.00 bits per heavy atom. The van der Waals surface area contributed by atoms with Crippen LogP contribution >= 0.6 is 34.4 Å². The fourth-order valence-corrected chi connectivity index (χ4v) is 3.97. The first kappa shape index (κ1) is 17.8. The maximum Gasteiger partial charge on any atom is 0.175 e. The van der Waals surface area contributed by atoms with Crippen molar-refractivity contribution in [2.45, 2.75) is 29.4 Å². The lowest BCUT2D eigenvalue weighted by molar-refractivity contribution is 0.413. The number of benzene rings is 1. The van der Waals surface area contributed by atoms with Gasteiger partial charge < -0.3 is 15.0 Å². The molecule has 0 fully saturated rings. The van der Waals surface area contributed by atoms with Crippen molar-refractivity contribution in [1.82, 2.24) is 19.5 Å². The highest BCUT2D eigenvalue weighted by atomic mass is 127. The van der Waals surface area contributed by atoms with Crippen LogP contribution in [0, 0.1) is 15.9 Å². The first-order valence-corrected chi connectivity index (χ1v) is 9.45. The van der Waals surface area contributed by atoms with Crippen LogP contribution in [0.3, 0.4) is 0 Å². The Bertz CT molecular complexity index is 950. The van der Waals surface area contributed by atoms with E-state index in [0.29, 0.717) is 17.8 Å². The van der Waals surface area contributed by atoms with Gasteiger partial charge in [-0.3, -0.25) is 0 Å². The van der Waals surface area contributed by atoms with Crippen LogP contribution in [-0.2, 0) is 6.54 Å². The van der Waals surface area contributed by atoms with E-state index in [1.54, 1.807) is 18.9 Å². The Morgan fingerprint density at radius 1 is 1.40 bits per heavy atom. The molecule has 25 heavy (non-hydrogen) atoms. The van der Waals surface area contributed by atoms with Gasteiger partial charge in [0.15, 0.2) is 22.1 Å². The van der Waals surface area contributed by atoms with Gasteiger partial charge in [0.2, 0.25) is 0 Å². The minimum Gasteiger partial charge on any atom is -0.497 e. The number of hydrogen-bond acceptors (Lipinski definition) is 6. The number of terminal acetylenes is 1. The van der Waals surface area contributed by atoms with Gasteiger partial charge in [-0.15, -0.1) is 12.3 Å². The zero-order valence-electron chi connectivity index (χ0n) is 13.6. The number of methoxy groups -OCH3 is 1. The Hall–Kier alpha value is -1.99. The number of rotatable bonds is 6. The third-order valence-corrected chi connectivity index (χ3v) is 5.93. The second-order valence-corrected chi connectivity index (χ2v) is 7.35. The molecule has 1 aromatic carbocycles. The van der Waals surface area contributed by atoms with Crippen molar-refractivity contribution in [3.8, 4) is 18.1 Å². The number of fused-ring (bicyclic) bond motifs is 1. The van der Waals surface area contributed by atoms with Crippen molar-refractivity contribution < 1.29 is 4.74 Å². The van der Waals surface area contributed by atoms with E-state index >= 15 is 0 Å². The van der Waals surface area contributed by atoms with Crippen LogP contribution in [0.15, 0.2) is 34.6 Å². The molecule has 0 aliphatic rings. The highest BCUT2D eigenvalue weighted by molar-refractivity contribution is 14.1. The molecule has 128 valence electrons. The van der Waals surface area contributed by atoms with Crippen LogP contribution in [0.5, 0.6) is 5.75 Å². The number of aromatic nitrogens is 4. The number of anilines is 1. The van der Waals surface area contributed by atoms with Crippen LogP contribution in [0.2, 0.25) is 0 Å². The van der Waals surface area contributed by atoms with E-state index in [1.807, 2.05) is 22.8 Å². The SMILES string of the molecule is C#CCCCn1c(Sc2cc(OC)ccc2I)nc2c(N)ncnc21. The Balaban J connectivity index is 2.04. The zero-order chi connectivity index (χ0) is 17.8. The standard InChI is InChI=1S/C17H16IN5OS/c1-3-4-5-8-23-16-14(15(19)20-10-21-16)22-17(23)25-13-9-11(24-2)6-7-12(13)18/h1,6-7,9-10H,4-5,8H2,2H3,(H2,19,20,21). The molecule has 0 saturated heterocycles. The van der Waals surface area contributed by atoms with E-state index in [1.165, 1.54) is 6.33 Å². The van der Waals surface area contributed by atoms with E-state index < -0.39 is 0 Å². The Kier molecular flexibility index (Phi) is 5.65. The second kappa shape index (κ2) is 7.93. The summed E-state index contributed by atoms with van der Waals surface area (Å²) in [6.07, 6.45) is 8.37. The smallest absolute Gasteiger partial charge is 0.175 e. The van der Waals surface area contributed by atoms with Gasteiger partial charge in [-0.2, -0.15) is 0 Å². The molecule has 8 heteroatoms. The number of hydrogen-bond donors (Lipinski definition) is 1. The first-order valence-electron chi connectivity index (χ1n) is 7.55. The van der Waals surface area contributed by atoms with Gasteiger partial charge in [-0.25, -0.2) is 15.0 Å². The molecule has 2 N–H and O–H groups in total. The van der Waals surface area contributed by atoms with Crippen molar-refractivity contribution in [3.05, 3.63) is 28.1 Å². The van der Waals surface area contributed by atoms with Crippen LogP contribution in [0.4, 0.5) is 5.82 Å². The van der Waals surface area contributed by atoms with E-state index in [0.717, 1.165) is 38.0 Å². The van der Waals surface area contributed by atoms with Gasteiger partial charge >= 0.3 is 0 Å².